The molecule has 0 saturated carbocycles. The van der Waals surface area contributed by atoms with Crippen molar-refractivity contribution in [3.63, 3.8) is 0 Å². The molecule has 1 saturated heterocycles. The highest BCUT2D eigenvalue weighted by molar-refractivity contribution is 5.82. The lowest BCUT2D eigenvalue weighted by molar-refractivity contribution is 0.0960. The number of imidazole rings is 1. The van der Waals surface area contributed by atoms with Crippen molar-refractivity contribution in [1.82, 2.24) is 19.8 Å². The molecule has 2 unspecified atom stereocenters. The third-order valence-corrected chi connectivity index (χ3v) is 7.05. The number of likely N-dealkylation sites (tertiary alicyclic amines) is 1. The minimum Gasteiger partial charge on any atom is -0.491 e. The Morgan fingerprint density at radius 3 is 2.84 bits per heavy atom. The van der Waals surface area contributed by atoms with E-state index in [1.807, 2.05) is 24.0 Å². The molecule has 168 valence electrons. The highest BCUT2D eigenvalue weighted by Crippen LogP contribution is 2.32. The number of hydrogen-bond donors (Lipinski definition) is 1. The van der Waals surface area contributed by atoms with Crippen LogP contribution in [0.2, 0.25) is 0 Å². The van der Waals surface area contributed by atoms with E-state index in [0.29, 0.717) is 31.7 Å². The summed E-state index contributed by atoms with van der Waals surface area (Å²) in [7, 11) is 0. The summed E-state index contributed by atoms with van der Waals surface area (Å²) in [6.07, 6.45) is 3.44. The molecule has 6 nitrogen and oxygen atoms in total. The van der Waals surface area contributed by atoms with Crippen LogP contribution in [0, 0.1) is 12.8 Å². The van der Waals surface area contributed by atoms with Crippen LogP contribution in [0.4, 0.5) is 4.79 Å². The van der Waals surface area contributed by atoms with Gasteiger partial charge < -0.3 is 19.5 Å². The molecule has 2 aliphatic heterocycles. The Morgan fingerprint density at radius 2 is 2.00 bits per heavy atom. The highest BCUT2D eigenvalue weighted by Gasteiger charge is 2.32. The maximum absolute atomic E-state index is 13.5. The highest BCUT2D eigenvalue weighted by atomic mass is 16.5. The topological polar surface area (TPSA) is 61.5 Å². The van der Waals surface area contributed by atoms with Crippen LogP contribution in [0.3, 0.4) is 0 Å². The van der Waals surface area contributed by atoms with Gasteiger partial charge in [-0.25, -0.2) is 9.78 Å². The number of nitrogens with one attached hydrogen (secondary N) is 1. The first kappa shape index (κ1) is 20.9. The zero-order valence-electron chi connectivity index (χ0n) is 19.2. The normalized spacial score (nSPS) is 21.2. The summed E-state index contributed by atoms with van der Waals surface area (Å²) >= 11 is 0. The zero-order valence-corrected chi connectivity index (χ0v) is 19.2. The Balaban J connectivity index is 1.41. The zero-order chi connectivity index (χ0) is 22.2. The van der Waals surface area contributed by atoms with E-state index in [0.717, 1.165) is 58.7 Å². The number of nitrogens with zero attached hydrogens (tertiary/aromatic N) is 3. The molecule has 0 radical (unpaired) electrons. The number of carbonyl (C=O) groups is 1. The van der Waals surface area contributed by atoms with Crippen molar-refractivity contribution in [2.24, 2.45) is 5.92 Å². The van der Waals surface area contributed by atoms with E-state index in [1.54, 1.807) is 0 Å². The maximum atomic E-state index is 13.5. The van der Waals surface area contributed by atoms with Gasteiger partial charge in [0.25, 0.3) is 0 Å². The molecule has 6 heteroatoms. The van der Waals surface area contributed by atoms with E-state index < -0.39 is 0 Å². The van der Waals surface area contributed by atoms with Crippen LogP contribution in [0.15, 0.2) is 36.4 Å². The fraction of sp³-hybridized carbons (Fsp3) is 0.462. The van der Waals surface area contributed by atoms with Gasteiger partial charge in [-0.05, 0) is 68.0 Å². The lowest BCUT2D eigenvalue weighted by Gasteiger charge is -2.40. The Hall–Kier alpha value is -3.02. The van der Waals surface area contributed by atoms with Crippen LogP contribution in [0.1, 0.15) is 44.5 Å². The van der Waals surface area contributed by atoms with Gasteiger partial charge in [0.2, 0.25) is 0 Å². The summed E-state index contributed by atoms with van der Waals surface area (Å²) in [4.78, 5) is 25.3. The van der Waals surface area contributed by atoms with Crippen LogP contribution in [0.5, 0.6) is 5.75 Å². The number of rotatable bonds is 2. The summed E-state index contributed by atoms with van der Waals surface area (Å²) in [5.74, 6) is 2.40. The molecular formula is C26H32N4O2. The van der Waals surface area contributed by atoms with E-state index in [1.165, 1.54) is 6.42 Å². The van der Waals surface area contributed by atoms with Crippen molar-refractivity contribution >= 4 is 17.1 Å². The van der Waals surface area contributed by atoms with Crippen LogP contribution in [-0.4, -0.2) is 51.5 Å². The van der Waals surface area contributed by atoms with Crippen LogP contribution in [0.25, 0.3) is 22.2 Å². The average Bonchev–Trinajstić information content (AvgIpc) is 3.04. The monoisotopic (exact) mass is 432 g/mol. The van der Waals surface area contributed by atoms with Crippen molar-refractivity contribution in [3.8, 4) is 16.9 Å². The van der Waals surface area contributed by atoms with Crippen molar-refractivity contribution in [2.45, 2.75) is 52.6 Å². The van der Waals surface area contributed by atoms with Gasteiger partial charge in [-0.15, -0.1) is 0 Å². The molecule has 3 heterocycles. The second-order valence-corrected chi connectivity index (χ2v) is 9.28. The molecule has 0 spiro atoms. The Bertz CT molecular complexity index is 1140. The van der Waals surface area contributed by atoms with Gasteiger partial charge in [0.1, 0.15) is 18.2 Å². The van der Waals surface area contributed by atoms with Gasteiger partial charge in [0.15, 0.2) is 0 Å². The predicted octanol–water partition coefficient (Wildman–Crippen LogP) is 5.36. The average molecular weight is 433 g/mol. The third-order valence-electron chi connectivity index (χ3n) is 7.05. The second kappa shape index (κ2) is 8.49. The van der Waals surface area contributed by atoms with E-state index in [2.05, 4.69) is 53.0 Å². The van der Waals surface area contributed by atoms with Crippen LogP contribution in [-0.2, 0) is 6.54 Å². The number of fused-ring (bicyclic) bond motifs is 2. The Morgan fingerprint density at radius 1 is 1.19 bits per heavy atom. The van der Waals surface area contributed by atoms with Gasteiger partial charge in [-0.2, -0.15) is 0 Å². The number of aryl methyl sites for hydroxylation is 1. The third kappa shape index (κ3) is 3.94. The molecule has 2 amide bonds. The largest absolute Gasteiger partial charge is 0.491 e. The van der Waals surface area contributed by atoms with Crippen LogP contribution < -0.4 is 4.74 Å². The molecule has 1 aromatic heterocycles. The Kier molecular flexibility index (Phi) is 5.53. The Labute approximate surface area is 189 Å². The van der Waals surface area contributed by atoms with Crippen LogP contribution >= 0.6 is 0 Å². The van der Waals surface area contributed by atoms with Crippen molar-refractivity contribution in [3.05, 3.63) is 47.8 Å². The molecule has 3 aromatic rings. The number of H-pyrrole nitrogens is 1. The van der Waals surface area contributed by atoms with Gasteiger partial charge in [-0.1, -0.05) is 25.5 Å². The minimum atomic E-state index is 0.145. The smallest absolute Gasteiger partial charge is 0.320 e. The lowest BCUT2D eigenvalue weighted by atomic mass is 9.92. The summed E-state index contributed by atoms with van der Waals surface area (Å²) in [5, 5.41) is 0. The van der Waals surface area contributed by atoms with Crippen molar-refractivity contribution in [1.29, 1.82) is 0 Å². The van der Waals surface area contributed by atoms with E-state index in [-0.39, 0.29) is 6.03 Å². The molecule has 1 N–H and O–H groups in total. The number of hydrogen-bond acceptors (Lipinski definition) is 3. The van der Waals surface area contributed by atoms with Gasteiger partial charge in [0.05, 0.1) is 24.1 Å². The first-order chi connectivity index (χ1) is 15.5. The molecule has 2 aromatic carbocycles. The molecular weight excluding hydrogens is 400 g/mol. The van der Waals surface area contributed by atoms with Gasteiger partial charge in [0, 0.05) is 18.2 Å². The number of carbonyl (C=O) groups excluding carboxylic acids is 1. The summed E-state index contributed by atoms with van der Waals surface area (Å²) in [5.41, 5.74) is 5.32. The van der Waals surface area contributed by atoms with Crippen molar-refractivity contribution in [2.75, 3.05) is 19.7 Å². The van der Waals surface area contributed by atoms with Crippen molar-refractivity contribution < 1.29 is 9.53 Å². The number of urea groups is 1. The number of aromatic amines is 1. The summed E-state index contributed by atoms with van der Waals surface area (Å²) < 4.78 is 6.02. The number of benzene rings is 2. The number of aromatic nitrogens is 2. The summed E-state index contributed by atoms with van der Waals surface area (Å²) in [6.45, 7) is 8.95. The van der Waals surface area contributed by atoms with Gasteiger partial charge >= 0.3 is 6.03 Å². The molecule has 2 aliphatic rings. The molecule has 2 atom stereocenters. The lowest BCUT2D eigenvalue weighted by Crippen LogP contribution is -2.51. The van der Waals surface area contributed by atoms with Gasteiger partial charge in [-0.3, -0.25) is 0 Å². The van der Waals surface area contributed by atoms with E-state index >= 15 is 0 Å². The SMILES string of the molecule is CCC1CCC(C)N(C(=O)N2CCOc3ccc(-c4ccc5nc(C)[nH]c5c4)cc3C2)C1. The fourth-order valence-electron chi connectivity index (χ4n) is 5.02. The predicted molar refractivity (Wildman–Crippen MR) is 127 cm³/mol. The molecule has 1 fully saturated rings. The number of amides is 2. The number of piperidine rings is 1. The van der Waals surface area contributed by atoms with E-state index in [9.17, 15) is 4.79 Å². The van der Waals surface area contributed by atoms with E-state index in [4.69, 9.17) is 4.74 Å². The molecule has 0 aliphatic carbocycles. The quantitative estimate of drug-likeness (QED) is 0.593. The first-order valence-corrected chi connectivity index (χ1v) is 11.8. The maximum Gasteiger partial charge on any atom is 0.320 e. The fourth-order valence-corrected chi connectivity index (χ4v) is 5.02. The summed E-state index contributed by atoms with van der Waals surface area (Å²) in [6, 6.07) is 13.0. The molecule has 32 heavy (non-hydrogen) atoms. The second-order valence-electron chi connectivity index (χ2n) is 9.28. The molecule has 5 rings (SSSR count). The standard InChI is InChI=1S/C26H32N4O2/c1-4-19-6-5-17(2)30(15-19)26(31)29-11-12-32-25-10-8-20(13-22(25)16-29)21-7-9-23-24(14-21)28-18(3)27-23/h7-10,13-14,17,19H,4-6,11-12,15-16H2,1-3H3,(H,27,28). The number of ether oxygens (including phenoxy) is 1. The first-order valence-electron chi connectivity index (χ1n) is 11.8. The molecule has 0 bridgehead atoms. The minimum absolute atomic E-state index is 0.145.